The first-order valence-electron chi connectivity index (χ1n) is 6.61. The predicted molar refractivity (Wildman–Crippen MR) is 84.4 cm³/mol. The third kappa shape index (κ3) is 2.32. The van der Waals surface area contributed by atoms with E-state index >= 15 is 0 Å². The highest BCUT2D eigenvalue weighted by atomic mass is 32.1. The molecule has 2 aromatic heterocycles. The van der Waals surface area contributed by atoms with Gasteiger partial charge in [-0.1, -0.05) is 23.5 Å². The Morgan fingerprint density at radius 3 is 2.61 bits per heavy atom. The van der Waals surface area contributed by atoms with Gasteiger partial charge in [-0.3, -0.25) is 10.1 Å². The molecule has 0 unspecified atom stereocenters. The molecule has 4 aromatic rings. The summed E-state index contributed by atoms with van der Waals surface area (Å²) in [6, 6.07) is 13.8. The molecular formula is C14H8N6O2S. The van der Waals surface area contributed by atoms with Crippen LogP contribution in [-0.2, 0) is 0 Å². The first kappa shape index (κ1) is 13.5. The van der Waals surface area contributed by atoms with Crippen molar-refractivity contribution in [1.82, 2.24) is 25.2 Å². The molecule has 0 radical (unpaired) electrons. The van der Waals surface area contributed by atoms with Crippen molar-refractivity contribution in [2.75, 3.05) is 0 Å². The van der Waals surface area contributed by atoms with Gasteiger partial charge in [0.05, 0.1) is 15.1 Å². The van der Waals surface area contributed by atoms with Gasteiger partial charge in [-0.2, -0.15) is 4.68 Å². The highest BCUT2D eigenvalue weighted by molar-refractivity contribution is 7.20. The van der Waals surface area contributed by atoms with Crippen molar-refractivity contribution in [1.29, 1.82) is 0 Å². The lowest BCUT2D eigenvalue weighted by atomic mass is 10.2. The Morgan fingerprint density at radius 1 is 1.09 bits per heavy atom. The van der Waals surface area contributed by atoms with Crippen molar-refractivity contribution in [3.8, 4) is 16.5 Å². The van der Waals surface area contributed by atoms with E-state index in [4.69, 9.17) is 0 Å². The Bertz CT molecular complexity index is 974. The molecule has 2 aromatic carbocycles. The first-order valence-corrected chi connectivity index (χ1v) is 7.43. The van der Waals surface area contributed by atoms with Gasteiger partial charge in [-0.15, -0.1) is 5.10 Å². The Hall–Kier alpha value is -3.20. The maximum atomic E-state index is 10.7. The van der Waals surface area contributed by atoms with Crippen molar-refractivity contribution in [2.45, 2.75) is 0 Å². The normalized spacial score (nSPS) is 11.0. The second kappa shape index (κ2) is 5.21. The number of nitrogens with zero attached hydrogens (tertiary/aromatic N) is 6. The summed E-state index contributed by atoms with van der Waals surface area (Å²) in [7, 11) is 0. The summed E-state index contributed by atoms with van der Waals surface area (Å²) < 4.78 is 2.57. The van der Waals surface area contributed by atoms with E-state index in [1.807, 2.05) is 24.3 Å². The molecule has 0 aliphatic heterocycles. The number of rotatable bonds is 3. The largest absolute Gasteiger partial charge is 0.269 e. The molecule has 0 spiro atoms. The standard InChI is InChI=1S/C14H8N6O2S/c21-20(22)10-7-5-9(6-8-10)13-16-17-18-19(13)14-15-11-3-1-2-4-12(11)23-14/h1-8H. The number of tetrazole rings is 1. The highest BCUT2D eigenvalue weighted by Gasteiger charge is 2.15. The number of aromatic nitrogens is 5. The Balaban J connectivity index is 1.80. The van der Waals surface area contributed by atoms with Gasteiger partial charge in [-0.05, 0) is 34.7 Å². The summed E-state index contributed by atoms with van der Waals surface area (Å²) in [4.78, 5) is 14.8. The molecule has 0 aliphatic carbocycles. The maximum absolute atomic E-state index is 10.7. The summed E-state index contributed by atoms with van der Waals surface area (Å²) in [5, 5.41) is 23.1. The van der Waals surface area contributed by atoms with Gasteiger partial charge in [0.25, 0.3) is 5.69 Å². The van der Waals surface area contributed by atoms with Gasteiger partial charge < -0.3 is 0 Å². The molecule has 0 saturated carbocycles. The molecule has 0 amide bonds. The fourth-order valence-electron chi connectivity index (χ4n) is 2.18. The molecule has 4 rings (SSSR count). The molecule has 0 fully saturated rings. The lowest BCUT2D eigenvalue weighted by Gasteiger charge is -2.00. The van der Waals surface area contributed by atoms with Crippen molar-refractivity contribution < 1.29 is 4.92 Å². The van der Waals surface area contributed by atoms with E-state index in [1.165, 1.54) is 28.2 Å². The van der Waals surface area contributed by atoms with Crippen molar-refractivity contribution in [3.63, 3.8) is 0 Å². The van der Waals surface area contributed by atoms with Crippen LogP contribution in [0.3, 0.4) is 0 Å². The highest BCUT2D eigenvalue weighted by Crippen LogP contribution is 2.27. The maximum Gasteiger partial charge on any atom is 0.269 e. The van der Waals surface area contributed by atoms with Crippen LogP contribution in [0.15, 0.2) is 48.5 Å². The van der Waals surface area contributed by atoms with Crippen LogP contribution in [-0.4, -0.2) is 30.1 Å². The fourth-order valence-corrected chi connectivity index (χ4v) is 3.09. The summed E-state index contributed by atoms with van der Waals surface area (Å²) in [5.41, 5.74) is 1.57. The number of nitro groups is 1. The average molecular weight is 324 g/mol. The van der Waals surface area contributed by atoms with Crippen LogP contribution in [0.25, 0.3) is 26.7 Å². The first-order chi connectivity index (χ1) is 11.2. The van der Waals surface area contributed by atoms with Gasteiger partial charge in [0.2, 0.25) is 5.13 Å². The Labute approximate surface area is 133 Å². The number of hydrogen-bond donors (Lipinski definition) is 0. The minimum atomic E-state index is -0.444. The number of benzene rings is 2. The van der Waals surface area contributed by atoms with Gasteiger partial charge >= 0.3 is 0 Å². The summed E-state index contributed by atoms with van der Waals surface area (Å²) >= 11 is 1.47. The third-order valence-corrected chi connectivity index (χ3v) is 4.28. The average Bonchev–Trinajstić information content (AvgIpc) is 3.21. The number of hydrogen-bond acceptors (Lipinski definition) is 7. The van der Waals surface area contributed by atoms with Crippen molar-refractivity contribution >= 4 is 27.2 Å². The van der Waals surface area contributed by atoms with E-state index in [1.54, 1.807) is 12.1 Å². The lowest BCUT2D eigenvalue weighted by molar-refractivity contribution is -0.384. The molecule has 0 aliphatic rings. The Kier molecular flexibility index (Phi) is 3.05. The van der Waals surface area contributed by atoms with E-state index in [0.29, 0.717) is 16.5 Å². The van der Waals surface area contributed by atoms with Gasteiger partial charge in [0.15, 0.2) is 5.82 Å². The zero-order valence-electron chi connectivity index (χ0n) is 11.5. The van der Waals surface area contributed by atoms with Gasteiger partial charge in [-0.25, -0.2) is 4.98 Å². The van der Waals surface area contributed by atoms with Crippen molar-refractivity contribution in [2.24, 2.45) is 0 Å². The molecule has 9 heteroatoms. The van der Waals surface area contributed by atoms with Crippen LogP contribution >= 0.6 is 11.3 Å². The van der Waals surface area contributed by atoms with E-state index in [9.17, 15) is 10.1 Å². The summed E-state index contributed by atoms with van der Waals surface area (Å²) in [6.45, 7) is 0. The zero-order chi connectivity index (χ0) is 15.8. The van der Waals surface area contributed by atoms with Crippen LogP contribution in [0.4, 0.5) is 5.69 Å². The summed E-state index contributed by atoms with van der Waals surface area (Å²) in [6.07, 6.45) is 0. The monoisotopic (exact) mass is 324 g/mol. The lowest BCUT2D eigenvalue weighted by Crippen LogP contribution is -1.99. The van der Waals surface area contributed by atoms with E-state index in [-0.39, 0.29) is 5.69 Å². The molecule has 0 atom stereocenters. The second-order valence-corrected chi connectivity index (χ2v) is 5.69. The SMILES string of the molecule is O=[N+]([O-])c1ccc(-c2nnnn2-c2nc3ccccc3s2)cc1. The van der Waals surface area contributed by atoms with Crippen LogP contribution in [0.5, 0.6) is 0 Å². The van der Waals surface area contributed by atoms with Gasteiger partial charge in [0, 0.05) is 17.7 Å². The van der Waals surface area contributed by atoms with E-state index in [2.05, 4.69) is 20.5 Å². The minimum absolute atomic E-state index is 0.0211. The Morgan fingerprint density at radius 2 is 1.87 bits per heavy atom. The number of non-ortho nitro benzene ring substituents is 1. The molecular weight excluding hydrogens is 316 g/mol. The number of para-hydroxylation sites is 1. The molecule has 112 valence electrons. The molecule has 0 saturated heterocycles. The molecule has 2 heterocycles. The van der Waals surface area contributed by atoms with Crippen LogP contribution < -0.4 is 0 Å². The third-order valence-electron chi connectivity index (χ3n) is 3.27. The van der Waals surface area contributed by atoms with E-state index in [0.717, 1.165) is 10.2 Å². The van der Waals surface area contributed by atoms with Crippen LogP contribution in [0.1, 0.15) is 0 Å². The minimum Gasteiger partial charge on any atom is -0.258 e. The number of thiazole rings is 1. The van der Waals surface area contributed by atoms with E-state index < -0.39 is 4.92 Å². The molecule has 8 nitrogen and oxygen atoms in total. The van der Waals surface area contributed by atoms with Crippen LogP contribution in [0, 0.1) is 10.1 Å². The predicted octanol–water partition coefficient (Wildman–Crippen LogP) is 2.85. The van der Waals surface area contributed by atoms with Crippen LogP contribution in [0.2, 0.25) is 0 Å². The summed E-state index contributed by atoms with van der Waals surface area (Å²) in [5.74, 6) is 0.485. The number of fused-ring (bicyclic) bond motifs is 1. The molecule has 0 bridgehead atoms. The topological polar surface area (TPSA) is 99.6 Å². The fraction of sp³-hybridized carbons (Fsp3) is 0. The molecule has 23 heavy (non-hydrogen) atoms. The van der Waals surface area contributed by atoms with Crippen molar-refractivity contribution in [3.05, 3.63) is 58.6 Å². The quantitative estimate of drug-likeness (QED) is 0.424. The molecule has 0 N–H and O–H groups in total. The number of nitro benzene ring substituents is 1. The van der Waals surface area contributed by atoms with Gasteiger partial charge in [0.1, 0.15) is 0 Å². The zero-order valence-corrected chi connectivity index (χ0v) is 12.3. The second-order valence-electron chi connectivity index (χ2n) is 4.68. The smallest absolute Gasteiger partial charge is 0.258 e.